The minimum absolute atomic E-state index is 0.127. The van der Waals surface area contributed by atoms with Gasteiger partial charge in [0.2, 0.25) is 5.75 Å². The molecule has 1 aromatic heterocycles. The van der Waals surface area contributed by atoms with E-state index >= 15 is 0 Å². The van der Waals surface area contributed by atoms with E-state index in [4.69, 9.17) is 11.6 Å². The van der Waals surface area contributed by atoms with Gasteiger partial charge in [0, 0.05) is 9.77 Å². The van der Waals surface area contributed by atoms with Crippen LogP contribution in [-0.2, 0) is 0 Å². The van der Waals surface area contributed by atoms with Crippen LogP contribution in [0.2, 0.25) is 0 Å². The number of hydrogen-bond donors (Lipinski definition) is 0. The molecule has 0 atom stereocenters. The maximum atomic E-state index is 12.2. The molecule has 0 aromatic carbocycles. The smallest absolute Gasteiger partial charge is 0.478 e. The fraction of sp³-hybridized carbons (Fsp3) is 0.250. The second-order valence-corrected chi connectivity index (χ2v) is 4.15. The van der Waals surface area contributed by atoms with E-state index < -0.39 is 28.8 Å². The van der Waals surface area contributed by atoms with E-state index in [1.807, 2.05) is 0 Å². The highest BCUT2D eigenvalue weighted by Crippen LogP contribution is 2.36. The van der Waals surface area contributed by atoms with Crippen molar-refractivity contribution in [3.05, 3.63) is 15.3 Å². The van der Waals surface area contributed by atoms with Gasteiger partial charge in [-0.25, -0.2) is 4.98 Å². The molecule has 0 aliphatic heterocycles. The number of alkyl halides is 3. The van der Waals surface area contributed by atoms with Gasteiger partial charge in [-0.2, -0.15) is 0 Å². The Labute approximate surface area is 112 Å². The highest BCUT2D eigenvalue weighted by molar-refractivity contribution is 14.1. The van der Waals surface area contributed by atoms with Crippen LogP contribution in [0.1, 0.15) is 10.4 Å². The van der Waals surface area contributed by atoms with Crippen LogP contribution in [0.5, 0.6) is 11.6 Å². The monoisotopic (exact) mass is 381 g/mol. The standard InChI is InChI=1S/C8H4ClF3INO3/c1-16-7-5(17-8(10,11)12)4(6(9)15)3(13)2-14-7/h2H,1H3. The van der Waals surface area contributed by atoms with Crippen molar-refractivity contribution in [2.45, 2.75) is 6.36 Å². The number of carbonyl (C=O) groups excluding carboxylic acids is 1. The fourth-order valence-electron chi connectivity index (χ4n) is 0.993. The van der Waals surface area contributed by atoms with Crippen LogP contribution in [0.4, 0.5) is 13.2 Å². The first-order valence-corrected chi connectivity index (χ1v) is 5.40. The molecule has 0 amide bonds. The minimum Gasteiger partial charge on any atom is -0.478 e. The van der Waals surface area contributed by atoms with Crippen molar-refractivity contribution in [3.8, 4) is 11.6 Å². The van der Waals surface area contributed by atoms with E-state index in [1.165, 1.54) is 0 Å². The number of pyridine rings is 1. The van der Waals surface area contributed by atoms with Gasteiger partial charge in [0.15, 0.2) is 0 Å². The lowest BCUT2D eigenvalue weighted by Crippen LogP contribution is -2.20. The molecule has 1 aromatic rings. The number of hydrogen-bond acceptors (Lipinski definition) is 4. The number of carbonyl (C=O) groups is 1. The zero-order valence-corrected chi connectivity index (χ0v) is 11.1. The Morgan fingerprint density at radius 1 is 1.53 bits per heavy atom. The summed E-state index contributed by atoms with van der Waals surface area (Å²) in [6.45, 7) is 0. The number of ether oxygens (including phenoxy) is 2. The first kappa shape index (κ1) is 14.3. The van der Waals surface area contributed by atoms with Crippen LogP contribution in [0, 0.1) is 3.57 Å². The Bertz CT molecular complexity index is 452. The number of halogens is 5. The van der Waals surface area contributed by atoms with Gasteiger partial charge >= 0.3 is 6.36 Å². The maximum absolute atomic E-state index is 12.2. The number of methoxy groups -OCH3 is 1. The molecule has 0 fully saturated rings. The molecule has 1 rings (SSSR count). The van der Waals surface area contributed by atoms with E-state index in [2.05, 4.69) is 14.5 Å². The third kappa shape index (κ3) is 3.60. The molecule has 1 heterocycles. The van der Waals surface area contributed by atoms with E-state index in [0.717, 1.165) is 13.3 Å². The third-order valence-electron chi connectivity index (χ3n) is 1.56. The SMILES string of the molecule is COc1ncc(I)c(C(=O)Cl)c1OC(F)(F)F. The Kier molecular flexibility index (Phi) is 4.42. The van der Waals surface area contributed by atoms with Crippen LogP contribution >= 0.6 is 34.2 Å². The van der Waals surface area contributed by atoms with Crippen molar-refractivity contribution in [2.24, 2.45) is 0 Å². The van der Waals surface area contributed by atoms with E-state index in [-0.39, 0.29) is 3.57 Å². The highest BCUT2D eigenvalue weighted by atomic mass is 127. The van der Waals surface area contributed by atoms with Gasteiger partial charge < -0.3 is 9.47 Å². The summed E-state index contributed by atoms with van der Waals surface area (Å²) in [6.07, 6.45) is -3.82. The zero-order chi connectivity index (χ0) is 13.2. The summed E-state index contributed by atoms with van der Waals surface area (Å²) in [7, 11) is 1.10. The maximum Gasteiger partial charge on any atom is 0.573 e. The van der Waals surface area contributed by atoms with Crippen molar-refractivity contribution >= 4 is 39.4 Å². The molecule has 94 valence electrons. The minimum atomic E-state index is -4.97. The molecule has 4 nitrogen and oxygen atoms in total. The van der Waals surface area contributed by atoms with Crippen molar-refractivity contribution in [1.29, 1.82) is 0 Å². The average molecular weight is 381 g/mol. The summed E-state index contributed by atoms with van der Waals surface area (Å²) in [5, 5.41) is -1.09. The van der Waals surface area contributed by atoms with Gasteiger partial charge in [0.25, 0.3) is 11.1 Å². The molecule has 0 bridgehead atoms. The summed E-state index contributed by atoms with van der Waals surface area (Å²) in [4.78, 5) is 14.6. The summed E-state index contributed by atoms with van der Waals surface area (Å²) < 4.78 is 44.9. The van der Waals surface area contributed by atoms with Gasteiger partial charge in [-0.3, -0.25) is 4.79 Å². The summed E-state index contributed by atoms with van der Waals surface area (Å²) >= 11 is 6.81. The Morgan fingerprint density at radius 3 is 2.53 bits per heavy atom. The van der Waals surface area contributed by atoms with Crippen molar-refractivity contribution in [3.63, 3.8) is 0 Å². The molecule has 0 aliphatic carbocycles. The number of aromatic nitrogens is 1. The molecule has 0 aliphatic rings. The molecular weight excluding hydrogens is 377 g/mol. The van der Waals surface area contributed by atoms with Crippen LogP contribution in [0.15, 0.2) is 6.20 Å². The predicted octanol–water partition coefficient (Wildman–Crippen LogP) is 2.97. The highest BCUT2D eigenvalue weighted by Gasteiger charge is 2.36. The van der Waals surface area contributed by atoms with Crippen molar-refractivity contribution < 1.29 is 27.4 Å². The number of rotatable bonds is 3. The molecule has 0 radical (unpaired) electrons. The molecule has 0 N–H and O–H groups in total. The van der Waals surface area contributed by atoms with Crippen LogP contribution in [-0.4, -0.2) is 23.7 Å². The van der Waals surface area contributed by atoms with E-state index in [0.29, 0.717) is 0 Å². The van der Waals surface area contributed by atoms with Crippen molar-refractivity contribution in [2.75, 3.05) is 7.11 Å². The van der Waals surface area contributed by atoms with Gasteiger partial charge in [0.05, 0.1) is 12.7 Å². The first-order valence-electron chi connectivity index (χ1n) is 3.94. The van der Waals surface area contributed by atoms with E-state index in [9.17, 15) is 18.0 Å². The second kappa shape index (κ2) is 5.25. The molecule has 17 heavy (non-hydrogen) atoms. The fourth-order valence-corrected chi connectivity index (χ4v) is 1.97. The first-order chi connectivity index (χ1) is 7.76. The Morgan fingerprint density at radius 2 is 2.12 bits per heavy atom. The summed E-state index contributed by atoms with van der Waals surface area (Å²) in [5.41, 5.74) is -0.434. The lowest BCUT2D eigenvalue weighted by atomic mass is 10.2. The number of nitrogens with zero attached hydrogens (tertiary/aromatic N) is 1. The van der Waals surface area contributed by atoms with Crippen LogP contribution in [0.25, 0.3) is 0 Å². The summed E-state index contributed by atoms with van der Waals surface area (Å²) in [5.74, 6) is -1.31. The Balaban J connectivity index is 3.40. The lowest BCUT2D eigenvalue weighted by molar-refractivity contribution is -0.275. The third-order valence-corrected chi connectivity index (χ3v) is 2.57. The topological polar surface area (TPSA) is 48.4 Å². The molecule has 0 unspecified atom stereocenters. The molecule has 0 saturated carbocycles. The molecule has 0 saturated heterocycles. The van der Waals surface area contributed by atoms with Gasteiger partial charge in [-0.15, -0.1) is 13.2 Å². The van der Waals surface area contributed by atoms with Gasteiger partial charge in [-0.05, 0) is 34.2 Å². The normalized spacial score (nSPS) is 11.2. The molecule has 0 spiro atoms. The quantitative estimate of drug-likeness (QED) is 0.597. The van der Waals surface area contributed by atoms with Gasteiger partial charge in [-0.1, -0.05) is 0 Å². The van der Waals surface area contributed by atoms with Crippen LogP contribution < -0.4 is 9.47 Å². The average Bonchev–Trinajstić information content (AvgIpc) is 2.15. The Hall–Kier alpha value is -0.770. The largest absolute Gasteiger partial charge is 0.573 e. The summed E-state index contributed by atoms with van der Waals surface area (Å²) in [6, 6.07) is 0. The second-order valence-electron chi connectivity index (χ2n) is 2.64. The predicted molar refractivity (Wildman–Crippen MR) is 60.4 cm³/mol. The van der Waals surface area contributed by atoms with Gasteiger partial charge in [0.1, 0.15) is 0 Å². The zero-order valence-electron chi connectivity index (χ0n) is 8.14. The van der Waals surface area contributed by atoms with Crippen molar-refractivity contribution in [1.82, 2.24) is 4.98 Å². The lowest BCUT2D eigenvalue weighted by Gasteiger charge is -2.14. The molecular formula is C8H4ClF3INO3. The molecule has 9 heteroatoms. The van der Waals surface area contributed by atoms with E-state index in [1.54, 1.807) is 22.6 Å². The van der Waals surface area contributed by atoms with Crippen LogP contribution in [0.3, 0.4) is 0 Å².